The summed E-state index contributed by atoms with van der Waals surface area (Å²) in [6.07, 6.45) is 2.50. The third-order valence-corrected chi connectivity index (χ3v) is 5.88. The van der Waals surface area contributed by atoms with Crippen molar-refractivity contribution in [1.82, 2.24) is 9.88 Å². The summed E-state index contributed by atoms with van der Waals surface area (Å²) in [7, 11) is 3.99. The quantitative estimate of drug-likeness (QED) is 0.772. The van der Waals surface area contributed by atoms with Crippen molar-refractivity contribution < 1.29 is 4.74 Å². The smallest absolute Gasteiger partial charge is 0.186 e. The van der Waals surface area contributed by atoms with Gasteiger partial charge in [-0.1, -0.05) is 53.3 Å². The molecule has 2 heterocycles. The number of nitrogens with zero attached hydrogens (tertiary/aromatic N) is 3. The zero-order valence-corrected chi connectivity index (χ0v) is 15.8. The van der Waals surface area contributed by atoms with E-state index in [0.29, 0.717) is 17.9 Å². The average molecular weight is 366 g/mol. The van der Waals surface area contributed by atoms with Crippen molar-refractivity contribution in [3.8, 4) is 0 Å². The Kier molecular flexibility index (Phi) is 6.11. The Balaban J connectivity index is 1.45. The number of rotatable bonds is 6. The molecule has 0 radical (unpaired) electrons. The molecule has 130 valence electrons. The summed E-state index contributed by atoms with van der Waals surface area (Å²) in [4.78, 5) is 10.0. The summed E-state index contributed by atoms with van der Waals surface area (Å²) in [5, 5.41) is 1.61. The van der Waals surface area contributed by atoms with E-state index >= 15 is 0 Å². The lowest BCUT2D eigenvalue weighted by molar-refractivity contribution is -0.00377. The van der Waals surface area contributed by atoms with Gasteiger partial charge in [-0.05, 0) is 18.4 Å². The highest BCUT2D eigenvalue weighted by molar-refractivity contribution is 7.16. The minimum absolute atomic E-state index is 0.357. The first-order valence-corrected chi connectivity index (χ1v) is 9.51. The predicted molar refractivity (Wildman–Crippen MR) is 101 cm³/mol. The number of ether oxygens (including phenoxy) is 1. The standard InChI is InChI=1S/C18H24ClN3OS/c1-21(2)18-20-17(19)16(24-18)12-22-10-8-15(9-11-22)23-13-14-6-4-3-5-7-14/h3-7,15H,8-13H2,1-2H3. The van der Waals surface area contributed by atoms with Gasteiger partial charge in [0.1, 0.15) is 5.15 Å². The highest BCUT2D eigenvalue weighted by Gasteiger charge is 2.22. The molecule has 24 heavy (non-hydrogen) atoms. The first kappa shape index (κ1) is 17.7. The Morgan fingerprint density at radius 1 is 1.25 bits per heavy atom. The summed E-state index contributed by atoms with van der Waals surface area (Å²) in [6, 6.07) is 10.4. The largest absolute Gasteiger partial charge is 0.373 e. The molecule has 1 aromatic carbocycles. The lowest BCUT2D eigenvalue weighted by atomic mass is 10.1. The predicted octanol–water partition coefficient (Wildman–Crippen LogP) is 4.04. The monoisotopic (exact) mass is 365 g/mol. The van der Waals surface area contributed by atoms with Gasteiger partial charge in [-0.3, -0.25) is 4.90 Å². The van der Waals surface area contributed by atoms with E-state index in [1.165, 1.54) is 5.56 Å². The summed E-state index contributed by atoms with van der Waals surface area (Å²) >= 11 is 7.96. The van der Waals surface area contributed by atoms with Crippen LogP contribution in [-0.4, -0.2) is 43.2 Å². The van der Waals surface area contributed by atoms with E-state index < -0.39 is 0 Å². The van der Waals surface area contributed by atoms with Gasteiger partial charge in [-0.2, -0.15) is 0 Å². The molecule has 0 bridgehead atoms. The molecule has 1 aromatic heterocycles. The van der Waals surface area contributed by atoms with E-state index in [1.807, 2.05) is 25.1 Å². The van der Waals surface area contributed by atoms with Gasteiger partial charge in [0.25, 0.3) is 0 Å². The van der Waals surface area contributed by atoms with Gasteiger partial charge >= 0.3 is 0 Å². The molecule has 0 saturated carbocycles. The maximum Gasteiger partial charge on any atom is 0.186 e. The van der Waals surface area contributed by atoms with Gasteiger partial charge in [-0.15, -0.1) is 0 Å². The Bertz CT molecular complexity index is 639. The molecule has 6 heteroatoms. The molecule has 1 saturated heterocycles. The second kappa shape index (κ2) is 8.30. The van der Waals surface area contributed by atoms with Crippen molar-refractivity contribution in [2.45, 2.75) is 32.1 Å². The summed E-state index contributed by atoms with van der Waals surface area (Å²) in [6.45, 7) is 3.68. The number of hydrogen-bond acceptors (Lipinski definition) is 5. The van der Waals surface area contributed by atoms with Crippen LogP contribution in [0.15, 0.2) is 30.3 Å². The number of piperidine rings is 1. The molecule has 2 aromatic rings. The number of hydrogen-bond donors (Lipinski definition) is 0. The fraction of sp³-hybridized carbons (Fsp3) is 0.500. The van der Waals surface area contributed by atoms with Crippen LogP contribution in [-0.2, 0) is 17.9 Å². The van der Waals surface area contributed by atoms with E-state index in [-0.39, 0.29) is 0 Å². The van der Waals surface area contributed by atoms with Crippen molar-refractivity contribution in [2.24, 2.45) is 0 Å². The third-order valence-electron chi connectivity index (χ3n) is 4.25. The van der Waals surface area contributed by atoms with E-state index in [2.05, 4.69) is 34.1 Å². The van der Waals surface area contributed by atoms with E-state index in [1.54, 1.807) is 11.3 Å². The van der Waals surface area contributed by atoms with Gasteiger partial charge in [0.05, 0.1) is 17.6 Å². The van der Waals surface area contributed by atoms with Crippen LogP contribution in [0.1, 0.15) is 23.3 Å². The Labute approximate surface area is 153 Å². The van der Waals surface area contributed by atoms with E-state index in [0.717, 1.165) is 42.5 Å². The molecular weight excluding hydrogens is 342 g/mol. The number of thiazole rings is 1. The van der Waals surface area contributed by atoms with Crippen LogP contribution in [0.3, 0.4) is 0 Å². The van der Waals surface area contributed by atoms with Crippen LogP contribution in [0.2, 0.25) is 5.15 Å². The molecule has 0 atom stereocenters. The Hall–Kier alpha value is -1.14. The fourth-order valence-corrected chi connectivity index (χ4v) is 4.06. The van der Waals surface area contributed by atoms with Crippen molar-refractivity contribution in [3.05, 3.63) is 45.9 Å². The minimum Gasteiger partial charge on any atom is -0.373 e. The number of anilines is 1. The molecule has 0 spiro atoms. The number of aromatic nitrogens is 1. The third kappa shape index (κ3) is 4.70. The second-order valence-corrected chi connectivity index (χ2v) is 7.80. The Morgan fingerprint density at radius 2 is 1.96 bits per heavy atom. The number of halogens is 1. The van der Waals surface area contributed by atoms with Crippen LogP contribution in [0.25, 0.3) is 0 Å². The molecule has 0 amide bonds. The van der Waals surface area contributed by atoms with Crippen LogP contribution in [0.5, 0.6) is 0 Å². The maximum atomic E-state index is 6.28. The van der Waals surface area contributed by atoms with Gasteiger partial charge in [0, 0.05) is 33.7 Å². The lowest BCUT2D eigenvalue weighted by Crippen LogP contribution is -2.36. The average Bonchev–Trinajstić information content (AvgIpc) is 2.96. The zero-order chi connectivity index (χ0) is 16.9. The molecule has 3 rings (SSSR count). The van der Waals surface area contributed by atoms with Crippen molar-refractivity contribution in [1.29, 1.82) is 0 Å². The first-order chi connectivity index (χ1) is 11.6. The van der Waals surface area contributed by atoms with Gasteiger partial charge < -0.3 is 9.64 Å². The SMILES string of the molecule is CN(C)c1nc(Cl)c(CN2CCC(OCc3ccccc3)CC2)s1. The van der Waals surface area contributed by atoms with Crippen LogP contribution in [0.4, 0.5) is 5.13 Å². The minimum atomic E-state index is 0.357. The molecule has 4 nitrogen and oxygen atoms in total. The topological polar surface area (TPSA) is 28.6 Å². The van der Waals surface area contributed by atoms with Crippen molar-refractivity contribution >= 4 is 28.1 Å². The normalized spacial score (nSPS) is 16.5. The van der Waals surface area contributed by atoms with Crippen LogP contribution >= 0.6 is 22.9 Å². The van der Waals surface area contributed by atoms with Crippen molar-refractivity contribution in [2.75, 3.05) is 32.1 Å². The molecule has 0 unspecified atom stereocenters. The lowest BCUT2D eigenvalue weighted by Gasteiger charge is -2.31. The van der Waals surface area contributed by atoms with Gasteiger partial charge in [0.15, 0.2) is 5.13 Å². The fourth-order valence-electron chi connectivity index (χ4n) is 2.84. The highest BCUT2D eigenvalue weighted by atomic mass is 35.5. The van der Waals surface area contributed by atoms with Gasteiger partial charge in [0.2, 0.25) is 0 Å². The van der Waals surface area contributed by atoms with Crippen molar-refractivity contribution in [3.63, 3.8) is 0 Å². The highest BCUT2D eigenvalue weighted by Crippen LogP contribution is 2.30. The molecule has 1 aliphatic rings. The molecule has 0 N–H and O–H groups in total. The maximum absolute atomic E-state index is 6.28. The molecule has 1 fully saturated rings. The first-order valence-electron chi connectivity index (χ1n) is 8.32. The second-order valence-electron chi connectivity index (χ2n) is 6.38. The van der Waals surface area contributed by atoms with Gasteiger partial charge in [-0.25, -0.2) is 4.98 Å². The number of benzene rings is 1. The Morgan fingerprint density at radius 3 is 2.58 bits per heavy atom. The summed E-state index contributed by atoms with van der Waals surface area (Å²) in [5.74, 6) is 0. The summed E-state index contributed by atoms with van der Waals surface area (Å²) in [5.41, 5.74) is 1.24. The molecule has 0 aliphatic carbocycles. The van der Waals surface area contributed by atoms with E-state index in [4.69, 9.17) is 16.3 Å². The molecular formula is C18H24ClN3OS. The zero-order valence-electron chi connectivity index (χ0n) is 14.2. The van der Waals surface area contributed by atoms with Crippen LogP contribution < -0.4 is 4.90 Å². The van der Waals surface area contributed by atoms with Crippen LogP contribution in [0, 0.1) is 0 Å². The van der Waals surface area contributed by atoms with E-state index in [9.17, 15) is 0 Å². The summed E-state index contributed by atoms with van der Waals surface area (Å²) < 4.78 is 6.06. The molecule has 1 aliphatic heterocycles. The number of likely N-dealkylation sites (tertiary alicyclic amines) is 1.